The minimum Gasteiger partial charge on any atom is -0.393 e. The van der Waals surface area contributed by atoms with Crippen LogP contribution in [-0.4, -0.2) is 16.0 Å². The summed E-state index contributed by atoms with van der Waals surface area (Å²) in [5.74, 6) is 0. The number of hydrogen-bond donors (Lipinski definition) is 1. The molecule has 1 aromatic carbocycles. The Morgan fingerprint density at radius 3 is 2.47 bits per heavy atom. The first-order valence-electron chi connectivity index (χ1n) is 4.67. The molecule has 15 heavy (non-hydrogen) atoms. The predicted octanol–water partition coefficient (Wildman–Crippen LogP) is 2.96. The van der Waals surface area contributed by atoms with Gasteiger partial charge in [0.1, 0.15) is 4.75 Å². The molecule has 0 amide bonds. The number of aliphatic hydroxyl groups is 1. The summed E-state index contributed by atoms with van der Waals surface area (Å²) in [6, 6.07) is 10.2. The molecule has 0 radical (unpaired) electrons. The summed E-state index contributed by atoms with van der Waals surface area (Å²) in [6.45, 7) is 0. The van der Waals surface area contributed by atoms with Crippen LogP contribution >= 0.6 is 27.7 Å². The van der Waals surface area contributed by atoms with Gasteiger partial charge in [-0.25, -0.2) is 0 Å². The molecule has 2 rings (SSSR count). The van der Waals surface area contributed by atoms with Crippen molar-refractivity contribution in [2.45, 2.75) is 28.6 Å². The molecular formula is C11H10BrNOS. The van der Waals surface area contributed by atoms with E-state index < -0.39 is 4.75 Å². The lowest BCUT2D eigenvalue weighted by molar-refractivity contribution is 0.0803. The fourth-order valence-electron chi connectivity index (χ4n) is 1.63. The van der Waals surface area contributed by atoms with E-state index in [0.29, 0.717) is 12.8 Å². The van der Waals surface area contributed by atoms with E-state index >= 15 is 0 Å². The Morgan fingerprint density at radius 2 is 2.00 bits per heavy atom. The molecule has 1 fully saturated rings. The number of thioether (sulfide) groups is 1. The van der Waals surface area contributed by atoms with Crippen LogP contribution in [0.3, 0.4) is 0 Å². The minimum absolute atomic E-state index is 0.299. The fourth-order valence-corrected chi connectivity index (χ4v) is 3.21. The highest BCUT2D eigenvalue weighted by Crippen LogP contribution is 2.47. The van der Waals surface area contributed by atoms with Gasteiger partial charge in [-0.1, -0.05) is 15.9 Å². The highest BCUT2D eigenvalue weighted by atomic mass is 79.9. The van der Waals surface area contributed by atoms with Crippen LogP contribution in [0.1, 0.15) is 12.8 Å². The number of aliphatic hydroxyl groups excluding tert-OH is 1. The highest BCUT2D eigenvalue weighted by molar-refractivity contribution is 9.10. The maximum absolute atomic E-state index is 9.26. The van der Waals surface area contributed by atoms with E-state index in [1.807, 2.05) is 24.3 Å². The molecule has 0 saturated heterocycles. The van der Waals surface area contributed by atoms with Crippen LogP contribution in [0.2, 0.25) is 0 Å². The molecule has 0 aromatic heterocycles. The first-order chi connectivity index (χ1) is 7.13. The summed E-state index contributed by atoms with van der Waals surface area (Å²) in [6.07, 6.45) is 0.849. The molecule has 1 aliphatic rings. The van der Waals surface area contributed by atoms with Gasteiger partial charge in [0.05, 0.1) is 12.2 Å². The third-order valence-electron chi connectivity index (χ3n) is 2.46. The molecule has 2 nitrogen and oxygen atoms in total. The van der Waals surface area contributed by atoms with Gasteiger partial charge in [0, 0.05) is 22.2 Å². The zero-order chi connectivity index (χ0) is 10.9. The van der Waals surface area contributed by atoms with Crippen molar-refractivity contribution in [1.82, 2.24) is 0 Å². The van der Waals surface area contributed by atoms with E-state index in [9.17, 15) is 5.11 Å². The monoisotopic (exact) mass is 283 g/mol. The summed E-state index contributed by atoms with van der Waals surface area (Å²) < 4.78 is 0.624. The van der Waals surface area contributed by atoms with Gasteiger partial charge >= 0.3 is 0 Å². The summed E-state index contributed by atoms with van der Waals surface area (Å²) in [5.41, 5.74) is 0. The molecule has 0 atom stereocenters. The number of hydrogen-bond acceptors (Lipinski definition) is 3. The Hall–Kier alpha value is -0.500. The minimum atomic E-state index is -0.409. The van der Waals surface area contributed by atoms with Gasteiger partial charge in [0.15, 0.2) is 0 Å². The molecule has 0 bridgehead atoms. The normalized spacial score (nSPS) is 29.3. The summed E-state index contributed by atoms with van der Waals surface area (Å²) in [5, 5.41) is 18.3. The third kappa shape index (κ3) is 2.36. The standard InChI is InChI=1S/C11H10BrNOS/c12-8-1-3-10(4-2-8)15-11(7-13)5-9(14)6-11/h1-4,9,14H,5-6H2. The fraction of sp³-hybridized carbons (Fsp3) is 0.364. The Bertz CT molecular complexity index is 392. The third-order valence-corrected chi connectivity index (χ3v) is 4.31. The van der Waals surface area contributed by atoms with Gasteiger partial charge in [-0.3, -0.25) is 0 Å². The van der Waals surface area contributed by atoms with Crippen LogP contribution in [0.25, 0.3) is 0 Å². The number of halogens is 1. The second-order valence-electron chi connectivity index (χ2n) is 3.72. The van der Waals surface area contributed by atoms with E-state index in [4.69, 9.17) is 5.26 Å². The van der Waals surface area contributed by atoms with Gasteiger partial charge < -0.3 is 5.11 Å². The molecule has 1 aliphatic carbocycles. The van der Waals surface area contributed by atoms with E-state index in [2.05, 4.69) is 22.0 Å². The first-order valence-corrected chi connectivity index (χ1v) is 6.28. The number of nitrogens with zero attached hydrogens (tertiary/aromatic N) is 1. The van der Waals surface area contributed by atoms with E-state index in [0.717, 1.165) is 9.37 Å². The maximum atomic E-state index is 9.26. The SMILES string of the molecule is N#CC1(Sc2ccc(Br)cc2)CC(O)C1. The topological polar surface area (TPSA) is 44.0 Å². The second-order valence-corrected chi connectivity index (χ2v) is 6.10. The van der Waals surface area contributed by atoms with Gasteiger partial charge in [0.25, 0.3) is 0 Å². The summed E-state index contributed by atoms with van der Waals surface area (Å²) in [4.78, 5) is 1.08. The van der Waals surface area contributed by atoms with Crippen LogP contribution in [0.4, 0.5) is 0 Å². The Labute approximate surface area is 101 Å². The molecule has 0 heterocycles. The van der Waals surface area contributed by atoms with Crippen LogP contribution in [0.15, 0.2) is 33.6 Å². The van der Waals surface area contributed by atoms with Crippen molar-refractivity contribution in [2.24, 2.45) is 0 Å². The number of rotatable bonds is 2. The van der Waals surface area contributed by atoms with Crippen LogP contribution in [0, 0.1) is 11.3 Å². The van der Waals surface area contributed by atoms with E-state index in [1.54, 1.807) is 11.8 Å². The van der Waals surface area contributed by atoms with Crippen molar-refractivity contribution in [2.75, 3.05) is 0 Å². The molecule has 0 aliphatic heterocycles. The first kappa shape index (κ1) is 11.0. The van der Waals surface area contributed by atoms with Crippen LogP contribution in [-0.2, 0) is 0 Å². The number of benzene rings is 1. The summed E-state index contributed by atoms with van der Waals surface area (Å²) >= 11 is 4.92. The zero-order valence-electron chi connectivity index (χ0n) is 7.98. The van der Waals surface area contributed by atoms with Gasteiger partial charge in [-0.05, 0) is 24.3 Å². The quantitative estimate of drug-likeness (QED) is 0.908. The van der Waals surface area contributed by atoms with Crippen molar-refractivity contribution < 1.29 is 5.11 Å². The summed E-state index contributed by atoms with van der Waals surface area (Å²) in [7, 11) is 0. The Kier molecular flexibility index (Phi) is 3.06. The largest absolute Gasteiger partial charge is 0.393 e. The highest BCUT2D eigenvalue weighted by Gasteiger charge is 2.44. The van der Waals surface area contributed by atoms with E-state index in [1.165, 1.54) is 0 Å². The van der Waals surface area contributed by atoms with E-state index in [-0.39, 0.29) is 6.10 Å². The molecule has 0 spiro atoms. The lowest BCUT2D eigenvalue weighted by atomic mass is 9.82. The van der Waals surface area contributed by atoms with Crippen molar-refractivity contribution in [1.29, 1.82) is 5.26 Å². The molecule has 78 valence electrons. The van der Waals surface area contributed by atoms with Gasteiger partial charge in [0.2, 0.25) is 0 Å². The zero-order valence-corrected chi connectivity index (χ0v) is 10.4. The molecule has 0 unspecified atom stereocenters. The van der Waals surface area contributed by atoms with Crippen molar-refractivity contribution in [3.05, 3.63) is 28.7 Å². The molecule has 1 N–H and O–H groups in total. The van der Waals surface area contributed by atoms with Crippen molar-refractivity contribution >= 4 is 27.7 Å². The van der Waals surface area contributed by atoms with Crippen LogP contribution < -0.4 is 0 Å². The maximum Gasteiger partial charge on any atom is 0.112 e. The van der Waals surface area contributed by atoms with Gasteiger partial charge in [-0.2, -0.15) is 5.26 Å². The predicted molar refractivity (Wildman–Crippen MR) is 63.6 cm³/mol. The van der Waals surface area contributed by atoms with Crippen LogP contribution in [0.5, 0.6) is 0 Å². The molecular weight excluding hydrogens is 274 g/mol. The van der Waals surface area contributed by atoms with Gasteiger partial charge in [-0.15, -0.1) is 11.8 Å². The Balaban J connectivity index is 2.09. The lowest BCUT2D eigenvalue weighted by Gasteiger charge is -2.38. The average molecular weight is 284 g/mol. The smallest absolute Gasteiger partial charge is 0.112 e. The molecule has 1 aromatic rings. The molecule has 4 heteroatoms. The Morgan fingerprint density at radius 1 is 1.40 bits per heavy atom. The lowest BCUT2D eigenvalue weighted by Crippen LogP contribution is -2.43. The van der Waals surface area contributed by atoms with Crippen molar-refractivity contribution in [3.8, 4) is 6.07 Å². The average Bonchev–Trinajstić information content (AvgIpc) is 2.18. The molecule has 1 saturated carbocycles. The number of nitriles is 1. The van der Waals surface area contributed by atoms with Crippen molar-refractivity contribution in [3.63, 3.8) is 0 Å². The second kappa shape index (κ2) is 4.17.